The molecule has 4 aliphatic carbocycles. The van der Waals surface area contributed by atoms with E-state index in [1.54, 1.807) is 17.1 Å². The zero-order valence-corrected chi connectivity index (χ0v) is 19.5. The van der Waals surface area contributed by atoms with Gasteiger partial charge in [0.2, 0.25) is 5.91 Å². The topological polar surface area (TPSA) is 67.2 Å². The highest BCUT2D eigenvalue weighted by atomic mass is 79.9. The molecule has 6 nitrogen and oxygen atoms in total. The van der Waals surface area contributed by atoms with Crippen LogP contribution in [0, 0.1) is 23.2 Å². The summed E-state index contributed by atoms with van der Waals surface area (Å²) in [7, 11) is 1.81. The Morgan fingerprint density at radius 3 is 2.50 bits per heavy atom. The fourth-order valence-electron chi connectivity index (χ4n) is 7.24. The molecule has 4 saturated carbocycles. The molecule has 2 atom stereocenters. The molecule has 0 radical (unpaired) electrons. The Kier molecular flexibility index (Phi) is 5.23. The van der Waals surface area contributed by atoms with Crippen molar-refractivity contribution < 1.29 is 9.59 Å². The van der Waals surface area contributed by atoms with E-state index in [2.05, 4.69) is 31.2 Å². The van der Waals surface area contributed by atoms with Crippen LogP contribution in [0.2, 0.25) is 0 Å². The van der Waals surface area contributed by atoms with E-state index in [4.69, 9.17) is 0 Å². The quantitative estimate of drug-likeness (QED) is 0.661. The highest BCUT2D eigenvalue weighted by molar-refractivity contribution is 9.10. The van der Waals surface area contributed by atoms with Gasteiger partial charge in [0.1, 0.15) is 0 Å². The van der Waals surface area contributed by atoms with Crippen LogP contribution in [0.4, 0.5) is 0 Å². The average molecular weight is 477 g/mol. The fourth-order valence-corrected chi connectivity index (χ4v) is 8.75. The third-order valence-corrected chi connectivity index (χ3v) is 9.05. The van der Waals surface area contributed by atoms with Crippen LogP contribution >= 0.6 is 15.9 Å². The van der Waals surface area contributed by atoms with Gasteiger partial charge in [-0.05, 0) is 74.5 Å². The lowest BCUT2D eigenvalue weighted by Gasteiger charge is -2.60. The normalized spacial score (nSPS) is 35.6. The lowest BCUT2D eigenvalue weighted by molar-refractivity contribution is -0.139. The lowest BCUT2D eigenvalue weighted by atomic mass is 9.48. The Morgan fingerprint density at radius 1 is 1.20 bits per heavy atom. The van der Waals surface area contributed by atoms with Gasteiger partial charge in [-0.2, -0.15) is 5.10 Å². The highest BCUT2D eigenvalue weighted by Crippen LogP contribution is 2.65. The molecule has 1 aromatic rings. The molecule has 2 heterocycles. The fraction of sp³-hybridized carbons (Fsp3) is 0.783. The largest absolute Gasteiger partial charge is 0.352 e. The van der Waals surface area contributed by atoms with Crippen molar-refractivity contribution in [1.29, 1.82) is 0 Å². The summed E-state index contributed by atoms with van der Waals surface area (Å²) in [6, 6.07) is 0. The number of aryl methyl sites for hydroxylation is 1. The summed E-state index contributed by atoms with van der Waals surface area (Å²) in [5.41, 5.74) is 0.851. The Balaban J connectivity index is 1.10. The molecule has 6 rings (SSSR count). The maximum absolute atomic E-state index is 13.2. The number of piperidine rings is 1. The van der Waals surface area contributed by atoms with Crippen molar-refractivity contribution in [1.82, 2.24) is 20.0 Å². The minimum absolute atomic E-state index is 0.0628. The number of hydrogen-bond donors (Lipinski definition) is 1. The molecule has 7 heteroatoms. The van der Waals surface area contributed by atoms with Crippen LogP contribution in [0.25, 0.3) is 0 Å². The summed E-state index contributed by atoms with van der Waals surface area (Å²) in [4.78, 5) is 27.5. The van der Waals surface area contributed by atoms with Crippen LogP contribution in [0.3, 0.4) is 0 Å². The second kappa shape index (κ2) is 7.64. The van der Waals surface area contributed by atoms with Crippen molar-refractivity contribution in [3.05, 3.63) is 18.0 Å². The van der Waals surface area contributed by atoms with E-state index in [0.29, 0.717) is 28.3 Å². The number of alkyl halides is 1. The van der Waals surface area contributed by atoms with E-state index in [-0.39, 0.29) is 11.3 Å². The first-order valence-corrected chi connectivity index (χ1v) is 12.3. The number of carbonyl (C=O) groups is 2. The predicted molar refractivity (Wildman–Crippen MR) is 118 cm³/mol. The summed E-state index contributed by atoms with van der Waals surface area (Å²) in [6.45, 7) is 2.33. The first-order valence-electron chi connectivity index (χ1n) is 11.6. The van der Waals surface area contributed by atoms with Crippen molar-refractivity contribution in [2.45, 2.75) is 62.1 Å². The number of nitrogens with one attached hydrogen (secondary N) is 1. The molecule has 4 bridgehead atoms. The zero-order chi connectivity index (χ0) is 20.9. The number of carbonyl (C=O) groups excluding carboxylic acids is 2. The van der Waals surface area contributed by atoms with Crippen LogP contribution in [0.1, 0.15) is 68.1 Å². The molecule has 1 aliphatic heterocycles. The molecule has 1 saturated heterocycles. The van der Waals surface area contributed by atoms with Crippen molar-refractivity contribution in [3.8, 4) is 0 Å². The SMILES string of the molecule is Cn1cc(C(=O)NCC2CCN(C(=O)CC34CC5CC(CC(Br)(C5)C3)C4)CC2)cn1. The third-order valence-electron chi connectivity index (χ3n) is 8.12. The molecule has 1 aromatic heterocycles. The van der Waals surface area contributed by atoms with E-state index >= 15 is 0 Å². The minimum atomic E-state index is -0.0628. The maximum atomic E-state index is 13.2. The molecule has 1 N–H and O–H groups in total. The predicted octanol–water partition coefficient (Wildman–Crippen LogP) is 3.51. The monoisotopic (exact) mass is 476 g/mol. The first kappa shape index (κ1) is 20.5. The second-order valence-corrected chi connectivity index (χ2v) is 12.4. The van der Waals surface area contributed by atoms with Gasteiger partial charge in [-0.1, -0.05) is 15.9 Å². The highest BCUT2D eigenvalue weighted by Gasteiger charge is 2.57. The van der Waals surface area contributed by atoms with E-state index in [1.807, 2.05) is 7.05 Å². The van der Waals surface area contributed by atoms with Gasteiger partial charge in [-0.25, -0.2) is 0 Å². The number of likely N-dealkylation sites (tertiary alicyclic amines) is 1. The van der Waals surface area contributed by atoms with Crippen LogP contribution < -0.4 is 5.32 Å². The Labute approximate surface area is 187 Å². The number of rotatable bonds is 5. The molecule has 164 valence electrons. The number of hydrogen-bond acceptors (Lipinski definition) is 3. The lowest BCUT2D eigenvalue weighted by Crippen LogP contribution is -2.54. The first-order chi connectivity index (χ1) is 14.3. The smallest absolute Gasteiger partial charge is 0.254 e. The zero-order valence-electron chi connectivity index (χ0n) is 17.9. The van der Waals surface area contributed by atoms with Crippen LogP contribution in [-0.4, -0.2) is 50.5 Å². The van der Waals surface area contributed by atoms with Crippen molar-refractivity contribution in [3.63, 3.8) is 0 Å². The van der Waals surface area contributed by atoms with E-state index in [1.165, 1.54) is 38.5 Å². The number of halogens is 1. The number of nitrogens with zero attached hydrogens (tertiary/aromatic N) is 3. The van der Waals surface area contributed by atoms with Gasteiger partial charge in [0, 0.05) is 43.6 Å². The number of aromatic nitrogens is 2. The molecular weight excluding hydrogens is 444 g/mol. The Bertz CT molecular complexity index is 815. The van der Waals surface area contributed by atoms with Crippen LogP contribution in [-0.2, 0) is 11.8 Å². The molecule has 2 amide bonds. The Hall–Kier alpha value is -1.37. The summed E-state index contributed by atoms with van der Waals surface area (Å²) in [5, 5.41) is 7.08. The van der Waals surface area contributed by atoms with E-state index < -0.39 is 0 Å². The second-order valence-electron chi connectivity index (χ2n) is 10.7. The van der Waals surface area contributed by atoms with Gasteiger partial charge < -0.3 is 10.2 Å². The molecule has 2 unspecified atom stereocenters. The molecular formula is C23H33BrN4O2. The van der Waals surface area contributed by atoms with Gasteiger partial charge in [0.15, 0.2) is 0 Å². The van der Waals surface area contributed by atoms with Gasteiger partial charge in [-0.15, -0.1) is 0 Å². The van der Waals surface area contributed by atoms with Crippen molar-refractivity contribution in [2.75, 3.05) is 19.6 Å². The average Bonchev–Trinajstić information content (AvgIpc) is 3.10. The van der Waals surface area contributed by atoms with E-state index in [0.717, 1.165) is 44.2 Å². The molecule has 0 aromatic carbocycles. The summed E-state index contributed by atoms with van der Waals surface area (Å²) >= 11 is 4.07. The van der Waals surface area contributed by atoms with E-state index in [9.17, 15) is 9.59 Å². The van der Waals surface area contributed by atoms with Crippen LogP contribution in [0.15, 0.2) is 12.4 Å². The summed E-state index contributed by atoms with van der Waals surface area (Å²) in [6.07, 6.45) is 13.8. The van der Waals surface area contributed by atoms with Crippen molar-refractivity contribution in [2.24, 2.45) is 30.2 Å². The van der Waals surface area contributed by atoms with Crippen molar-refractivity contribution >= 4 is 27.7 Å². The maximum Gasteiger partial charge on any atom is 0.254 e. The minimum Gasteiger partial charge on any atom is -0.352 e. The molecule has 30 heavy (non-hydrogen) atoms. The summed E-state index contributed by atoms with van der Waals surface area (Å²) < 4.78 is 1.96. The van der Waals surface area contributed by atoms with Gasteiger partial charge in [0.25, 0.3) is 5.91 Å². The standard InChI is InChI=1S/C23H33BrN4O2/c1-27-14-19(13-26-27)21(30)25-12-16-2-4-28(5-3-16)20(29)11-22-7-17-6-18(8-22)10-23(24,9-17)15-22/h13-14,16-18H,2-12,15H2,1H3,(H,25,30). The summed E-state index contributed by atoms with van der Waals surface area (Å²) in [5.74, 6) is 2.40. The Morgan fingerprint density at radius 2 is 1.90 bits per heavy atom. The number of amides is 2. The molecule has 0 spiro atoms. The van der Waals surface area contributed by atoms with Crippen LogP contribution in [0.5, 0.6) is 0 Å². The third kappa shape index (κ3) is 4.06. The van der Waals surface area contributed by atoms with Gasteiger partial charge in [-0.3, -0.25) is 14.3 Å². The van der Waals surface area contributed by atoms with Gasteiger partial charge in [0.05, 0.1) is 11.8 Å². The molecule has 5 aliphatic rings. The van der Waals surface area contributed by atoms with Gasteiger partial charge >= 0.3 is 0 Å². The molecule has 5 fully saturated rings.